The normalized spacial score (nSPS) is 21.0. The predicted octanol–water partition coefficient (Wildman–Crippen LogP) is 1.61. The fourth-order valence-electron chi connectivity index (χ4n) is 2.40. The van der Waals surface area contributed by atoms with E-state index < -0.39 is 0 Å². The number of hydrogen-bond acceptors (Lipinski definition) is 4. The molecule has 2 atom stereocenters. The Labute approximate surface area is 135 Å². The molecule has 2 aromatic rings. The molecule has 0 radical (unpaired) electrons. The van der Waals surface area contributed by atoms with Crippen LogP contribution < -0.4 is 10.6 Å². The summed E-state index contributed by atoms with van der Waals surface area (Å²) in [5.41, 5.74) is 1.64. The van der Waals surface area contributed by atoms with E-state index in [-0.39, 0.29) is 30.5 Å². The molecule has 0 spiro atoms. The fourth-order valence-corrected chi connectivity index (χ4v) is 2.40. The van der Waals surface area contributed by atoms with Crippen molar-refractivity contribution in [2.75, 3.05) is 18.5 Å². The number of hydrogen-bond donors (Lipinski definition) is 2. The van der Waals surface area contributed by atoms with Crippen molar-refractivity contribution in [3.8, 4) is 5.69 Å². The van der Waals surface area contributed by atoms with E-state index in [1.165, 1.54) is 0 Å². The van der Waals surface area contributed by atoms with Gasteiger partial charge in [0.1, 0.15) is 6.04 Å². The lowest BCUT2D eigenvalue weighted by Gasteiger charge is -2.29. The average molecular weight is 323 g/mol. The molecule has 3 rings (SSSR count). The van der Waals surface area contributed by atoms with Crippen LogP contribution in [-0.4, -0.2) is 41.0 Å². The van der Waals surface area contributed by atoms with E-state index in [4.69, 9.17) is 4.74 Å². The van der Waals surface area contributed by atoms with Gasteiger partial charge in [0.15, 0.2) is 0 Å². The van der Waals surface area contributed by atoms with Crippen LogP contribution in [0.25, 0.3) is 5.69 Å². The van der Waals surface area contributed by atoms with Crippen LogP contribution in [0.4, 0.5) is 5.69 Å². The second-order valence-corrected chi connectivity index (χ2v) is 5.00. The summed E-state index contributed by atoms with van der Waals surface area (Å²) in [5.74, 6) is -0.0835. The Morgan fingerprint density at radius 3 is 3.05 bits per heavy atom. The van der Waals surface area contributed by atoms with Gasteiger partial charge in [0, 0.05) is 24.6 Å². The maximum Gasteiger partial charge on any atom is 0.244 e. The van der Waals surface area contributed by atoms with Gasteiger partial charge in [-0.05, 0) is 31.2 Å². The Hall–Kier alpha value is -1.89. The smallest absolute Gasteiger partial charge is 0.244 e. The van der Waals surface area contributed by atoms with Crippen LogP contribution in [-0.2, 0) is 9.53 Å². The lowest BCUT2D eigenvalue weighted by molar-refractivity contribution is -0.123. The van der Waals surface area contributed by atoms with Gasteiger partial charge in [-0.25, -0.2) is 4.68 Å². The molecule has 0 saturated carbocycles. The van der Waals surface area contributed by atoms with Crippen molar-refractivity contribution in [3.05, 3.63) is 42.7 Å². The third-order valence-corrected chi connectivity index (χ3v) is 3.48. The Morgan fingerprint density at radius 1 is 1.45 bits per heavy atom. The topological polar surface area (TPSA) is 68.2 Å². The monoisotopic (exact) mass is 322 g/mol. The highest BCUT2D eigenvalue weighted by atomic mass is 35.5. The third kappa shape index (κ3) is 3.65. The van der Waals surface area contributed by atoms with E-state index in [0.29, 0.717) is 13.2 Å². The standard InChI is InChI=1S/C15H18N4O2.ClH/c1-11-14(16-7-9-21-11)15(20)18-12-4-2-5-13(10-12)19-8-3-6-17-19;/h2-6,8,10-11,14,16H,7,9H2,1H3,(H,18,20);1H/t11-,14+;/m1./s1. The van der Waals surface area contributed by atoms with Crippen molar-refractivity contribution in [2.45, 2.75) is 19.1 Å². The van der Waals surface area contributed by atoms with Crippen LogP contribution in [0, 0.1) is 0 Å². The molecule has 1 saturated heterocycles. The Kier molecular flexibility index (Phi) is 5.54. The van der Waals surface area contributed by atoms with E-state index in [1.807, 2.05) is 43.5 Å². The number of morpholine rings is 1. The maximum atomic E-state index is 12.3. The maximum absolute atomic E-state index is 12.3. The highest BCUT2D eigenvalue weighted by Gasteiger charge is 2.28. The number of amides is 1. The minimum Gasteiger partial charge on any atom is -0.375 e. The lowest BCUT2D eigenvalue weighted by Crippen LogP contribution is -2.53. The fraction of sp³-hybridized carbons (Fsp3) is 0.333. The second-order valence-electron chi connectivity index (χ2n) is 5.00. The third-order valence-electron chi connectivity index (χ3n) is 3.48. The lowest BCUT2D eigenvalue weighted by atomic mass is 10.1. The van der Waals surface area contributed by atoms with Crippen LogP contribution in [0.1, 0.15) is 6.92 Å². The zero-order valence-electron chi connectivity index (χ0n) is 12.2. The van der Waals surface area contributed by atoms with Crippen LogP contribution in [0.2, 0.25) is 0 Å². The van der Waals surface area contributed by atoms with Crippen LogP contribution in [0.15, 0.2) is 42.7 Å². The molecule has 1 aliphatic rings. The number of halogens is 1. The van der Waals surface area contributed by atoms with Gasteiger partial charge in [-0.1, -0.05) is 6.07 Å². The molecule has 0 unspecified atom stereocenters. The molecule has 1 fully saturated rings. The number of carbonyl (C=O) groups is 1. The van der Waals surface area contributed by atoms with Gasteiger partial charge in [0.05, 0.1) is 18.4 Å². The summed E-state index contributed by atoms with van der Waals surface area (Å²) < 4.78 is 7.24. The largest absolute Gasteiger partial charge is 0.375 e. The molecule has 0 bridgehead atoms. The van der Waals surface area contributed by atoms with Gasteiger partial charge in [-0.15, -0.1) is 12.4 Å². The molecule has 6 nitrogen and oxygen atoms in total. The van der Waals surface area contributed by atoms with Crippen molar-refractivity contribution < 1.29 is 9.53 Å². The van der Waals surface area contributed by atoms with Crippen molar-refractivity contribution in [1.29, 1.82) is 0 Å². The van der Waals surface area contributed by atoms with Gasteiger partial charge in [-0.3, -0.25) is 4.79 Å². The first-order valence-corrected chi connectivity index (χ1v) is 7.00. The predicted molar refractivity (Wildman–Crippen MR) is 86.6 cm³/mol. The molecule has 1 aromatic carbocycles. The molecule has 2 heterocycles. The number of nitrogens with one attached hydrogen (secondary N) is 2. The number of nitrogens with zero attached hydrogens (tertiary/aromatic N) is 2. The van der Waals surface area contributed by atoms with Crippen LogP contribution in [0.3, 0.4) is 0 Å². The number of benzene rings is 1. The van der Waals surface area contributed by atoms with Crippen molar-refractivity contribution in [3.63, 3.8) is 0 Å². The van der Waals surface area contributed by atoms with Crippen LogP contribution in [0.5, 0.6) is 0 Å². The number of rotatable bonds is 3. The summed E-state index contributed by atoms with van der Waals surface area (Å²) in [6.07, 6.45) is 3.45. The van der Waals surface area contributed by atoms with Gasteiger partial charge >= 0.3 is 0 Å². The Balaban J connectivity index is 0.00000176. The summed E-state index contributed by atoms with van der Waals surface area (Å²) in [7, 11) is 0. The molecule has 1 amide bonds. The van der Waals surface area contributed by atoms with E-state index in [2.05, 4.69) is 15.7 Å². The number of aromatic nitrogens is 2. The molecule has 118 valence electrons. The zero-order valence-corrected chi connectivity index (χ0v) is 13.0. The number of anilines is 1. The van der Waals surface area contributed by atoms with Gasteiger partial charge < -0.3 is 15.4 Å². The quantitative estimate of drug-likeness (QED) is 0.901. The van der Waals surface area contributed by atoms with Crippen molar-refractivity contribution in [2.24, 2.45) is 0 Å². The zero-order chi connectivity index (χ0) is 14.7. The molecule has 22 heavy (non-hydrogen) atoms. The summed E-state index contributed by atoms with van der Waals surface area (Å²) in [4.78, 5) is 12.3. The van der Waals surface area contributed by atoms with Gasteiger partial charge in [0.25, 0.3) is 0 Å². The molecule has 1 aliphatic heterocycles. The highest BCUT2D eigenvalue weighted by Crippen LogP contribution is 2.15. The van der Waals surface area contributed by atoms with E-state index >= 15 is 0 Å². The van der Waals surface area contributed by atoms with E-state index in [1.54, 1.807) is 10.9 Å². The van der Waals surface area contributed by atoms with E-state index in [0.717, 1.165) is 11.4 Å². The summed E-state index contributed by atoms with van der Waals surface area (Å²) >= 11 is 0. The van der Waals surface area contributed by atoms with Gasteiger partial charge in [-0.2, -0.15) is 5.10 Å². The van der Waals surface area contributed by atoms with Crippen molar-refractivity contribution >= 4 is 24.0 Å². The second kappa shape index (κ2) is 7.40. The molecule has 7 heteroatoms. The summed E-state index contributed by atoms with van der Waals surface area (Å²) in [6.45, 7) is 3.23. The Morgan fingerprint density at radius 2 is 2.32 bits per heavy atom. The van der Waals surface area contributed by atoms with Gasteiger partial charge in [0.2, 0.25) is 5.91 Å². The summed E-state index contributed by atoms with van der Waals surface area (Å²) in [6, 6.07) is 9.11. The first-order chi connectivity index (χ1) is 10.2. The Bertz CT molecular complexity index is 618. The molecular weight excluding hydrogens is 304 g/mol. The van der Waals surface area contributed by atoms with E-state index in [9.17, 15) is 4.79 Å². The minimum atomic E-state index is -0.327. The number of carbonyl (C=O) groups excluding carboxylic acids is 1. The number of ether oxygens (including phenoxy) is 1. The average Bonchev–Trinajstić information content (AvgIpc) is 3.02. The van der Waals surface area contributed by atoms with Crippen molar-refractivity contribution in [1.82, 2.24) is 15.1 Å². The summed E-state index contributed by atoms with van der Waals surface area (Å²) in [5, 5.41) is 10.3. The SMILES string of the molecule is C[C@H]1OCCN[C@@H]1C(=O)Nc1cccc(-n2cccn2)c1.Cl. The molecule has 1 aromatic heterocycles. The minimum absolute atomic E-state index is 0. The molecule has 2 N–H and O–H groups in total. The van der Waals surface area contributed by atoms with Crippen LogP contribution >= 0.6 is 12.4 Å². The first kappa shape index (κ1) is 16.5. The molecule has 0 aliphatic carbocycles. The molecular formula is C15H19ClN4O2. The highest BCUT2D eigenvalue weighted by molar-refractivity contribution is 5.95. The first-order valence-electron chi connectivity index (χ1n) is 7.00.